The lowest BCUT2D eigenvalue weighted by molar-refractivity contribution is -0.141. The summed E-state index contributed by atoms with van der Waals surface area (Å²) < 4.78 is 5.18. The van der Waals surface area contributed by atoms with E-state index in [2.05, 4.69) is 65.8 Å². The first-order chi connectivity index (χ1) is 19.4. The van der Waals surface area contributed by atoms with Gasteiger partial charge in [-0.25, -0.2) is 0 Å². The quantitative estimate of drug-likeness (QED) is 0.233. The zero-order chi connectivity index (χ0) is 30.3. The summed E-state index contributed by atoms with van der Waals surface area (Å²) in [6.45, 7) is 16.5. The monoisotopic (exact) mass is 556 g/mol. The minimum absolute atomic E-state index is 0.257. The molecule has 4 heteroatoms. The van der Waals surface area contributed by atoms with Gasteiger partial charge in [-0.1, -0.05) is 94.3 Å². The predicted octanol–water partition coefficient (Wildman–Crippen LogP) is 9.25. The van der Waals surface area contributed by atoms with E-state index in [0.29, 0.717) is 23.5 Å². The zero-order valence-corrected chi connectivity index (χ0v) is 26.1. The summed E-state index contributed by atoms with van der Waals surface area (Å²) >= 11 is 0. The average molecular weight is 557 g/mol. The minimum atomic E-state index is -0.658. The molecule has 1 N–H and O–H groups in total. The van der Waals surface area contributed by atoms with Gasteiger partial charge in [0.05, 0.1) is 5.92 Å². The van der Waals surface area contributed by atoms with Gasteiger partial charge in [0.2, 0.25) is 0 Å². The molecule has 3 aromatic rings. The lowest BCUT2D eigenvalue weighted by Gasteiger charge is -2.40. The maximum absolute atomic E-state index is 12.0. The van der Waals surface area contributed by atoms with Gasteiger partial charge in [-0.2, -0.15) is 0 Å². The molecule has 4 rings (SSSR count). The Hall–Kier alpha value is -3.40. The topological polar surface area (TPSA) is 63.6 Å². The third-order valence-electron chi connectivity index (χ3n) is 8.85. The van der Waals surface area contributed by atoms with Crippen molar-refractivity contribution in [1.82, 2.24) is 0 Å². The predicted molar refractivity (Wildman–Crippen MR) is 168 cm³/mol. The van der Waals surface area contributed by atoms with Crippen LogP contribution in [0.25, 0.3) is 0 Å². The van der Waals surface area contributed by atoms with Gasteiger partial charge >= 0.3 is 11.9 Å². The second-order valence-electron chi connectivity index (χ2n) is 12.4. The van der Waals surface area contributed by atoms with E-state index in [1.54, 1.807) is 0 Å². The first-order valence-electron chi connectivity index (χ1n) is 15.0. The van der Waals surface area contributed by atoms with Crippen molar-refractivity contribution in [2.45, 2.75) is 86.5 Å². The number of benzene rings is 3. The fourth-order valence-electron chi connectivity index (χ4n) is 6.49. The van der Waals surface area contributed by atoms with E-state index < -0.39 is 5.97 Å². The molecule has 1 fully saturated rings. The molecule has 41 heavy (non-hydrogen) atoms. The molecule has 0 aromatic heterocycles. The van der Waals surface area contributed by atoms with Crippen molar-refractivity contribution in [2.75, 3.05) is 0 Å². The molecular formula is C37H48O4. The van der Waals surface area contributed by atoms with Crippen LogP contribution in [0, 0.1) is 44.4 Å². The van der Waals surface area contributed by atoms with E-state index >= 15 is 0 Å². The van der Waals surface area contributed by atoms with Crippen molar-refractivity contribution >= 4 is 11.9 Å². The van der Waals surface area contributed by atoms with Crippen LogP contribution in [0.5, 0.6) is 5.75 Å². The van der Waals surface area contributed by atoms with Crippen molar-refractivity contribution in [3.8, 4) is 5.75 Å². The van der Waals surface area contributed by atoms with E-state index in [0.717, 1.165) is 17.5 Å². The first-order valence-corrected chi connectivity index (χ1v) is 15.0. The highest BCUT2D eigenvalue weighted by molar-refractivity contribution is 5.77. The van der Waals surface area contributed by atoms with Gasteiger partial charge in [-0.3, -0.25) is 9.59 Å². The van der Waals surface area contributed by atoms with Crippen LogP contribution in [0.15, 0.2) is 66.7 Å². The van der Waals surface area contributed by atoms with Crippen LogP contribution < -0.4 is 4.74 Å². The normalized spacial score (nSPS) is 20.0. The Morgan fingerprint density at radius 1 is 0.829 bits per heavy atom. The number of carboxylic acids is 1. The maximum Gasteiger partial charge on any atom is 0.311 e. The summed E-state index contributed by atoms with van der Waals surface area (Å²) in [7, 11) is 0. The van der Waals surface area contributed by atoms with Crippen LogP contribution >= 0.6 is 0 Å². The number of hydrogen-bond donors (Lipinski definition) is 1. The number of rotatable bonds is 7. The number of esters is 1. The van der Waals surface area contributed by atoms with Crippen LogP contribution in [0.3, 0.4) is 0 Å². The van der Waals surface area contributed by atoms with Crippen LogP contribution in [-0.4, -0.2) is 17.0 Å². The minimum Gasteiger partial charge on any atom is -0.481 e. The molecule has 4 nitrogen and oxygen atoms in total. The second-order valence-corrected chi connectivity index (χ2v) is 12.4. The molecule has 0 bridgehead atoms. The Morgan fingerprint density at radius 2 is 1.46 bits per heavy atom. The van der Waals surface area contributed by atoms with Gasteiger partial charge in [-0.05, 0) is 97.2 Å². The number of carbonyl (C=O) groups excluding carboxylic acids is 1. The van der Waals surface area contributed by atoms with E-state index in [4.69, 9.17) is 4.74 Å². The van der Waals surface area contributed by atoms with Gasteiger partial charge in [0, 0.05) is 12.8 Å². The van der Waals surface area contributed by atoms with E-state index in [9.17, 15) is 14.7 Å². The van der Waals surface area contributed by atoms with Crippen LogP contribution in [0.1, 0.15) is 99.1 Å². The molecule has 5 atom stereocenters. The van der Waals surface area contributed by atoms with Crippen LogP contribution in [-0.2, 0) is 9.59 Å². The summed E-state index contributed by atoms with van der Waals surface area (Å²) in [5, 5.41) is 9.89. The van der Waals surface area contributed by atoms with Crippen molar-refractivity contribution in [1.29, 1.82) is 0 Å². The largest absolute Gasteiger partial charge is 0.481 e. The molecule has 0 spiro atoms. The Bertz CT molecular complexity index is 1310. The van der Waals surface area contributed by atoms with Crippen molar-refractivity contribution in [3.05, 3.63) is 100 Å². The molecule has 5 unspecified atom stereocenters. The molecule has 0 amide bonds. The number of carbonyl (C=O) groups is 2. The smallest absolute Gasteiger partial charge is 0.311 e. The number of carboxylic acid groups (broad SMARTS) is 1. The lowest BCUT2D eigenvalue weighted by Crippen LogP contribution is -2.35. The number of aliphatic carboxylic acids is 1. The fraction of sp³-hybridized carbons (Fsp3) is 0.459. The van der Waals surface area contributed by atoms with E-state index in [-0.39, 0.29) is 23.7 Å². The number of aryl methyl sites for hydroxylation is 3. The first kappa shape index (κ1) is 32.1. The van der Waals surface area contributed by atoms with Crippen molar-refractivity contribution in [3.63, 3.8) is 0 Å². The summed E-state index contributed by atoms with van der Waals surface area (Å²) in [6, 6.07) is 22.3. The maximum atomic E-state index is 12.0. The molecule has 0 saturated heterocycles. The summed E-state index contributed by atoms with van der Waals surface area (Å²) in [5.74, 6) is 1.53. The highest BCUT2D eigenvalue weighted by Gasteiger charge is 2.40. The molecule has 3 aromatic carbocycles. The standard InChI is InChI=1S/C19H28O2.C18H20O2/c1-12(2)15-10-9-13(3)11-17(15)18(19(20)21)16-8-6-5-7-14(16)4;1-12-5-8-16(9-6-12)14(3)18-11-17(20-15(4)19)10-7-13(18)2/h5-8,12-13,15,17-18H,9-11H2,1-4H3,(H,20,21);5-11,14H,1-4H3. The average Bonchev–Trinajstić information content (AvgIpc) is 2.91. The van der Waals surface area contributed by atoms with Crippen LogP contribution in [0.4, 0.5) is 0 Å². The molecule has 0 radical (unpaired) electrons. The molecule has 0 heterocycles. The van der Waals surface area contributed by atoms with Gasteiger partial charge in [0.25, 0.3) is 0 Å². The Kier molecular flexibility index (Phi) is 11.3. The molecule has 1 aliphatic rings. The molecule has 220 valence electrons. The Morgan fingerprint density at radius 3 is 2.05 bits per heavy atom. The van der Waals surface area contributed by atoms with Crippen molar-refractivity contribution in [2.24, 2.45) is 23.7 Å². The molecule has 0 aliphatic heterocycles. The fourth-order valence-corrected chi connectivity index (χ4v) is 6.49. The Balaban J connectivity index is 0.000000226. The third-order valence-corrected chi connectivity index (χ3v) is 8.85. The summed E-state index contributed by atoms with van der Waals surface area (Å²) in [5.41, 5.74) is 7.02. The van der Waals surface area contributed by atoms with E-state index in [1.807, 2.05) is 49.4 Å². The number of ether oxygens (including phenoxy) is 1. The van der Waals surface area contributed by atoms with E-state index in [1.165, 1.54) is 42.0 Å². The lowest BCUT2D eigenvalue weighted by atomic mass is 9.64. The highest BCUT2D eigenvalue weighted by Crippen LogP contribution is 2.46. The molecule has 1 saturated carbocycles. The van der Waals surface area contributed by atoms with Gasteiger partial charge < -0.3 is 9.84 Å². The van der Waals surface area contributed by atoms with Crippen molar-refractivity contribution < 1.29 is 19.4 Å². The number of hydrogen-bond acceptors (Lipinski definition) is 3. The Labute approximate surface area is 247 Å². The third kappa shape index (κ3) is 8.55. The highest BCUT2D eigenvalue weighted by atomic mass is 16.5. The molecular weight excluding hydrogens is 508 g/mol. The van der Waals surface area contributed by atoms with Gasteiger partial charge in [-0.15, -0.1) is 0 Å². The summed E-state index contributed by atoms with van der Waals surface area (Å²) in [4.78, 5) is 23.1. The van der Waals surface area contributed by atoms with Gasteiger partial charge in [0.15, 0.2) is 0 Å². The van der Waals surface area contributed by atoms with Gasteiger partial charge in [0.1, 0.15) is 5.75 Å². The SMILES string of the molecule is CC(=O)Oc1ccc(C)c(C(C)c2ccc(C)cc2)c1.Cc1ccccc1C(C(=O)O)C1CC(C)CCC1C(C)C. The van der Waals surface area contributed by atoms with Crippen LogP contribution in [0.2, 0.25) is 0 Å². The zero-order valence-electron chi connectivity index (χ0n) is 26.1. The summed E-state index contributed by atoms with van der Waals surface area (Å²) in [6.07, 6.45) is 3.44. The second kappa shape index (κ2) is 14.5. The molecule has 1 aliphatic carbocycles.